The fourth-order valence-electron chi connectivity index (χ4n) is 2.72. The molecule has 146 valence electrons. The van der Waals surface area contributed by atoms with Crippen molar-refractivity contribution in [3.8, 4) is 0 Å². The zero-order chi connectivity index (χ0) is 20.1. The molecule has 0 bridgehead atoms. The molecule has 0 aliphatic rings. The molecule has 0 radical (unpaired) electrons. The van der Waals surface area contributed by atoms with E-state index in [1.54, 1.807) is 12.1 Å². The first kappa shape index (κ1) is 21.1. The highest BCUT2D eigenvalue weighted by atomic mass is 32.2. The zero-order valence-corrected chi connectivity index (χ0v) is 17.0. The third-order valence-electron chi connectivity index (χ3n) is 3.85. The highest BCUT2D eigenvalue weighted by Gasteiger charge is 2.19. The average Bonchev–Trinajstić information content (AvgIpc) is 2.57. The molecule has 0 amide bonds. The third kappa shape index (κ3) is 7.15. The number of carbonyl (C=O) groups excluding carboxylic acids is 1. The maximum Gasteiger partial charge on any atom is 0.338 e. The minimum Gasteiger partial charge on any atom is -0.456 e. The van der Waals surface area contributed by atoms with Gasteiger partial charge in [-0.15, -0.1) is 0 Å². The molecule has 0 aliphatic heterocycles. The Hall–Kier alpha value is -2.18. The Kier molecular flexibility index (Phi) is 6.78. The second kappa shape index (κ2) is 8.67. The van der Waals surface area contributed by atoms with Gasteiger partial charge in [0.25, 0.3) is 10.1 Å². The van der Waals surface area contributed by atoms with Crippen LogP contribution < -0.4 is 0 Å². The molecule has 2 aromatic rings. The van der Waals surface area contributed by atoms with E-state index in [-0.39, 0.29) is 18.5 Å². The van der Waals surface area contributed by atoms with Crippen LogP contribution in [0.4, 0.5) is 0 Å². The van der Waals surface area contributed by atoms with Gasteiger partial charge < -0.3 is 4.74 Å². The highest BCUT2D eigenvalue weighted by Crippen LogP contribution is 2.28. The minimum absolute atomic E-state index is 0.0411. The highest BCUT2D eigenvalue weighted by molar-refractivity contribution is 7.85. The van der Waals surface area contributed by atoms with Crippen molar-refractivity contribution in [1.82, 2.24) is 0 Å². The summed E-state index contributed by atoms with van der Waals surface area (Å²) in [6.45, 7) is 5.57. The number of carbonyl (C=O) groups is 1. The van der Waals surface area contributed by atoms with Crippen LogP contribution in [0.25, 0.3) is 0 Å². The average molecular weight is 391 g/mol. The SMILES string of the molecule is CC(C)(C)OC(=O)c1ccc(C(CCOS(C)(=O)=O)c2ccccc2)cc1. The quantitative estimate of drug-likeness (QED) is 0.525. The van der Waals surface area contributed by atoms with E-state index < -0.39 is 15.7 Å². The van der Waals surface area contributed by atoms with E-state index in [2.05, 4.69) is 0 Å². The first-order valence-corrected chi connectivity index (χ1v) is 10.6. The van der Waals surface area contributed by atoms with E-state index in [1.165, 1.54) is 0 Å². The maximum atomic E-state index is 12.2. The van der Waals surface area contributed by atoms with E-state index in [1.807, 2.05) is 63.2 Å². The Morgan fingerprint density at radius 1 is 0.963 bits per heavy atom. The van der Waals surface area contributed by atoms with Gasteiger partial charge in [0, 0.05) is 5.92 Å². The molecular weight excluding hydrogens is 364 g/mol. The van der Waals surface area contributed by atoms with Crippen molar-refractivity contribution in [2.24, 2.45) is 0 Å². The van der Waals surface area contributed by atoms with Crippen molar-refractivity contribution in [1.29, 1.82) is 0 Å². The normalized spacial score (nSPS) is 13.2. The number of hydrogen-bond acceptors (Lipinski definition) is 5. The van der Waals surface area contributed by atoms with Crippen molar-refractivity contribution in [3.05, 3.63) is 71.3 Å². The van der Waals surface area contributed by atoms with Gasteiger partial charge in [0.1, 0.15) is 5.60 Å². The molecule has 0 fully saturated rings. The predicted molar refractivity (Wildman–Crippen MR) is 105 cm³/mol. The molecule has 2 aromatic carbocycles. The summed E-state index contributed by atoms with van der Waals surface area (Å²) < 4.78 is 32.8. The number of esters is 1. The van der Waals surface area contributed by atoms with Crippen molar-refractivity contribution >= 4 is 16.1 Å². The van der Waals surface area contributed by atoms with Crippen LogP contribution in [0.2, 0.25) is 0 Å². The van der Waals surface area contributed by atoms with Crippen LogP contribution in [0, 0.1) is 0 Å². The summed E-state index contributed by atoms with van der Waals surface area (Å²) in [5, 5.41) is 0. The van der Waals surface area contributed by atoms with E-state index in [0.29, 0.717) is 12.0 Å². The second-order valence-corrected chi connectivity index (χ2v) is 9.05. The maximum absolute atomic E-state index is 12.2. The van der Waals surface area contributed by atoms with Crippen LogP contribution in [0.1, 0.15) is 54.6 Å². The second-order valence-electron chi connectivity index (χ2n) is 7.40. The van der Waals surface area contributed by atoms with Crippen molar-refractivity contribution in [3.63, 3.8) is 0 Å². The van der Waals surface area contributed by atoms with Gasteiger partial charge in [0.15, 0.2) is 0 Å². The molecule has 0 spiro atoms. The summed E-state index contributed by atoms with van der Waals surface area (Å²) in [5.41, 5.74) is 1.96. The van der Waals surface area contributed by atoms with Crippen LogP contribution >= 0.6 is 0 Å². The fraction of sp³-hybridized carbons (Fsp3) is 0.381. The number of rotatable bonds is 7. The van der Waals surface area contributed by atoms with Gasteiger partial charge in [-0.05, 0) is 50.5 Å². The van der Waals surface area contributed by atoms with Crippen molar-refractivity contribution in [2.45, 2.75) is 38.7 Å². The Morgan fingerprint density at radius 2 is 1.52 bits per heavy atom. The lowest BCUT2D eigenvalue weighted by Crippen LogP contribution is -2.23. The molecule has 2 rings (SSSR count). The summed E-state index contributed by atoms with van der Waals surface area (Å²) in [7, 11) is -3.48. The molecule has 27 heavy (non-hydrogen) atoms. The number of hydrogen-bond donors (Lipinski definition) is 0. The van der Waals surface area contributed by atoms with Crippen LogP contribution in [-0.2, 0) is 19.0 Å². The monoisotopic (exact) mass is 390 g/mol. The Bertz CT molecular complexity index is 850. The van der Waals surface area contributed by atoms with Gasteiger partial charge >= 0.3 is 5.97 Å². The zero-order valence-electron chi connectivity index (χ0n) is 16.1. The summed E-state index contributed by atoms with van der Waals surface area (Å²) in [4.78, 5) is 12.2. The van der Waals surface area contributed by atoms with Crippen LogP contribution in [-0.4, -0.2) is 32.9 Å². The number of benzene rings is 2. The Labute approximate surface area is 161 Å². The summed E-state index contributed by atoms with van der Waals surface area (Å²) in [5.74, 6) is -0.411. The third-order valence-corrected chi connectivity index (χ3v) is 4.45. The Morgan fingerprint density at radius 3 is 2.04 bits per heavy atom. The molecule has 6 heteroatoms. The van der Waals surface area contributed by atoms with Gasteiger partial charge in [0.2, 0.25) is 0 Å². The van der Waals surface area contributed by atoms with Crippen LogP contribution in [0.3, 0.4) is 0 Å². The van der Waals surface area contributed by atoms with Gasteiger partial charge in [-0.1, -0.05) is 42.5 Å². The van der Waals surface area contributed by atoms with E-state index >= 15 is 0 Å². The standard InChI is InChI=1S/C21H26O5S/c1-21(2,3)26-20(22)18-12-10-17(11-13-18)19(14-15-25-27(4,23)24)16-8-6-5-7-9-16/h5-13,19H,14-15H2,1-4H3. The Balaban J connectivity index is 2.21. The largest absolute Gasteiger partial charge is 0.456 e. The molecule has 0 aromatic heterocycles. The molecular formula is C21H26O5S. The topological polar surface area (TPSA) is 69.7 Å². The molecule has 0 N–H and O–H groups in total. The van der Waals surface area contributed by atoms with E-state index in [0.717, 1.165) is 17.4 Å². The number of ether oxygens (including phenoxy) is 1. The lowest BCUT2D eigenvalue weighted by molar-refractivity contribution is 0.00694. The van der Waals surface area contributed by atoms with Crippen LogP contribution in [0.5, 0.6) is 0 Å². The van der Waals surface area contributed by atoms with Gasteiger partial charge in [-0.25, -0.2) is 4.79 Å². The van der Waals surface area contributed by atoms with E-state index in [4.69, 9.17) is 8.92 Å². The fourth-order valence-corrected chi connectivity index (χ4v) is 3.12. The van der Waals surface area contributed by atoms with Gasteiger partial charge in [0.05, 0.1) is 18.4 Å². The molecule has 1 atom stereocenters. The molecule has 0 aliphatic carbocycles. The van der Waals surface area contributed by atoms with E-state index in [9.17, 15) is 13.2 Å². The molecule has 1 unspecified atom stereocenters. The van der Waals surface area contributed by atoms with Crippen LogP contribution in [0.15, 0.2) is 54.6 Å². The molecule has 0 saturated heterocycles. The predicted octanol–water partition coefficient (Wildman–Crippen LogP) is 4.14. The minimum atomic E-state index is -3.48. The summed E-state index contributed by atoms with van der Waals surface area (Å²) in [6.07, 6.45) is 1.54. The van der Waals surface area contributed by atoms with Gasteiger partial charge in [-0.3, -0.25) is 4.18 Å². The van der Waals surface area contributed by atoms with Crippen molar-refractivity contribution < 1.29 is 22.1 Å². The summed E-state index contributed by atoms with van der Waals surface area (Å²) in [6, 6.07) is 17.0. The smallest absolute Gasteiger partial charge is 0.338 e. The first-order chi connectivity index (χ1) is 12.6. The van der Waals surface area contributed by atoms with Gasteiger partial charge in [-0.2, -0.15) is 8.42 Å². The molecule has 0 saturated carbocycles. The molecule has 0 heterocycles. The molecule has 5 nitrogen and oxygen atoms in total. The summed E-state index contributed by atoms with van der Waals surface area (Å²) >= 11 is 0. The first-order valence-electron chi connectivity index (χ1n) is 8.78. The van der Waals surface area contributed by atoms with Crippen molar-refractivity contribution in [2.75, 3.05) is 12.9 Å². The lowest BCUT2D eigenvalue weighted by atomic mass is 9.88. The lowest BCUT2D eigenvalue weighted by Gasteiger charge is -2.20.